The van der Waals surface area contributed by atoms with E-state index in [0.29, 0.717) is 12.4 Å². The van der Waals surface area contributed by atoms with Gasteiger partial charge in [-0.05, 0) is 55.5 Å². The molecule has 1 saturated carbocycles. The molecule has 2 aromatic heterocycles. The van der Waals surface area contributed by atoms with E-state index in [1.54, 1.807) is 36.2 Å². The van der Waals surface area contributed by atoms with Crippen LogP contribution >= 0.6 is 11.6 Å². The molecule has 1 aromatic carbocycles. The number of halogens is 1. The lowest BCUT2D eigenvalue weighted by atomic mass is 9.68. The van der Waals surface area contributed by atoms with Crippen LogP contribution in [0.25, 0.3) is 11.3 Å². The van der Waals surface area contributed by atoms with Crippen molar-refractivity contribution in [1.29, 1.82) is 0 Å². The molecular weight excluding hydrogens is 400 g/mol. The maximum absolute atomic E-state index is 12.6. The van der Waals surface area contributed by atoms with E-state index in [1.165, 1.54) is 5.56 Å². The van der Waals surface area contributed by atoms with Crippen LogP contribution in [0.5, 0.6) is 5.88 Å². The molecule has 7 heteroatoms. The van der Waals surface area contributed by atoms with Crippen LogP contribution in [-0.2, 0) is 5.41 Å². The zero-order chi connectivity index (χ0) is 21.1. The molecule has 0 unspecified atom stereocenters. The van der Waals surface area contributed by atoms with Crippen LogP contribution in [0.1, 0.15) is 37.3 Å². The number of nitrogens with zero attached hydrogens (tertiary/aromatic N) is 3. The Hall–Kier alpha value is -2.70. The number of methoxy groups -OCH3 is 1. The average molecular weight is 425 g/mol. The Kier molecular flexibility index (Phi) is 5.88. The van der Waals surface area contributed by atoms with E-state index < -0.39 is 0 Å². The highest BCUT2D eigenvalue weighted by atomic mass is 35.5. The van der Waals surface area contributed by atoms with Gasteiger partial charge in [-0.3, -0.25) is 4.79 Å². The van der Waals surface area contributed by atoms with Gasteiger partial charge in [0.25, 0.3) is 5.56 Å². The number of ether oxygens (including phenoxy) is 1. The molecule has 0 spiro atoms. The van der Waals surface area contributed by atoms with Crippen molar-refractivity contribution >= 4 is 11.6 Å². The molecule has 0 radical (unpaired) electrons. The second-order valence-electron chi connectivity index (χ2n) is 7.82. The van der Waals surface area contributed by atoms with E-state index in [4.69, 9.17) is 22.1 Å². The Labute approximate surface area is 180 Å². The Morgan fingerprint density at radius 2 is 2.00 bits per heavy atom. The van der Waals surface area contributed by atoms with E-state index in [2.05, 4.69) is 16.1 Å². The van der Waals surface area contributed by atoms with Crippen molar-refractivity contribution in [1.82, 2.24) is 14.8 Å². The number of aromatic nitrogens is 3. The van der Waals surface area contributed by atoms with Gasteiger partial charge in [-0.2, -0.15) is 5.10 Å². The number of hydrogen-bond acceptors (Lipinski definition) is 5. The third-order valence-corrected chi connectivity index (χ3v) is 6.39. The van der Waals surface area contributed by atoms with Gasteiger partial charge in [-0.25, -0.2) is 9.67 Å². The molecule has 6 nitrogen and oxygen atoms in total. The molecule has 30 heavy (non-hydrogen) atoms. The van der Waals surface area contributed by atoms with E-state index in [9.17, 15) is 4.79 Å². The summed E-state index contributed by atoms with van der Waals surface area (Å²) in [6.07, 6.45) is 5.14. The summed E-state index contributed by atoms with van der Waals surface area (Å²) in [4.78, 5) is 16.8. The Balaban J connectivity index is 1.57. The minimum Gasteiger partial charge on any atom is -0.481 e. The van der Waals surface area contributed by atoms with Crippen molar-refractivity contribution < 1.29 is 4.74 Å². The molecule has 3 aromatic rings. The lowest BCUT2D eigenvalue weighted by Gasteiger charge is -2.40. The van der Waals surface area contributed by atoms with E-state index in [1.807, 2.05) is 24.3 Å². The maximum Gasteiger partial charge on any atom is 0.267 e. The molecule has 0 bridgehead atoms. The van der Waals surface area contributed by atoms with Gasteiger partial charge in [0, 0.05) is 40.9 Å². The molecule has 1 fully saturated rings. The molecule has 156 valence electrons. The number of nitrogens with two attached hydrogens (primary N) is 1. The highest BCUT2D eigenvalue weighted by Gasteiger charge is 2.37. The first-order valence-corrected chi connectivity index (χ1v) is 10.5. The van der Waals surface area contributed by atoms with Crippen LogP contribution in [0.2, 0.25) is 5.02 Å². The lowest BCUT2D eigenvalue weighted by molar-refractivity contribution is 0.222. The van der Waals surface area contributed by atoms with E-state index in [0.717, 1.165) is 42.0 Å². The molecule has 0 aliphatic heterocycles. The molecule has 1 aliphatic rings. The van der Waals surface area contributed by atoms with Crippen LogP contribution in [0, 0.1) is 0 Å². The van der Waals surface area contributed by atoms with Gasteiger partial charge in [0.2, 0.25) is 5.88 Å². The first-order valence-electron chi connectivity index (χ1n) is 10.1. The van der Waals surface area contributed by atoms with Crippen molar-refractivity contribution in [3.63, 3.8) is 0 Å². The van der Waals surface area contributed by atoms with E-state index >= 15 is 0 Å². The summed E-state index contributed by atoms with van der Waals surface area (Å²) >= 11 is 6.21. The van der Waals surface area contributed by atoms with Gasteiger partial charge in [0.1, 0.15) is 0 Å². The quantitative estimate of drug-likeness (QED) is 0.669. The highest BCUT2D eigenvalue weighted by Crippen LogP contribution is 2.42. The zero-order valence-electron chi connectivity index (χ0n) is 16.9. The van der Waals surface area contributed by atoms with Crippen molar-refractivity contribution in [2.24, 2.45) is 5.73 Å². The first kappa shape index (κ1) is 20.6. The molecule has 0 amide bonds. The van der Waals surface area contributed by atoms with Crippen LogP contribution in [0.3, 0.4) is 0 Å². The molecule has 4 rings (SSSR count). The number of hydrogen-bond donors (Lipinski definition) is 1. The smallest absolute Gasteiger partial charge is 0.267 e. The monoisotopic (exact) mass is 424 g/mol. The molecule has 2 heterocycles. The predicted molar refractivity (Wildman–Crippen MR) is 118 cm³/mol. The fourth-order valence-electron chi connectivity index (χ4n) is 4.32. The largest absolute Gasteiger partial charge is 0.481 e. The molecule has 0 saturated heterocycles. The topological polar surface area (TPSA) is 83.0 Å². The summed E-state index contributed by atoms with van der Waals surface area (Å²) in [6, 6.07) is 15.0. The van der Waals surface area contributed by atoms with Crippen molar-refractivity contribution in [3.05, 3.63) is 75.7 Å². The summed E-state index contributed by atoms with van der Waals surface area (Å²) in [5, 5.41) is 5.38. The Morgan fingerprint density at radius 3 is 2.63 bits per heavy atom. The molecule has 1 aliphatic carbocycles. The van der Waals surface area contributed by atoms with Crippen molar-refractivity contribution in [2.75, 3.05) is 13.7 Å². The fraction of sp³-hybridized carbons (Fsp3) is 0.348. The summed E-state index contributed by atoms with van der Waals surface area (Å²) < 4.78 is 6.73. The second-order valence-corrected chi connectivity index (χ2v) is 8.25. The number of rotatable bonds is 5. The highest BCUT2D eigenvalue weighted by molar-refractivity contribution is 6.30. The third kappa shape index (κ3) is 3.98. The fourth-order valence-corrected chi connectivity index (χ4v) is 4.51. The van der Waals surface area contributed by atoms with Gasteiger partial charge in [-0.1, -0.05) is 23.7 Å². The average Bonchev–Trinajstić information content (AvgIpc) is 2.80. The van der Waals surface area contributed by atoms with Crippen LogP contribution in [0.4, 0.5) is 0 Å². The summed E-state index contributed by atoms with van der Waals surface area (Å²) in [7, 11) is 1.58. The standard InChI is InChI=1S/C23H25ClN4O2/c1-30-21-7-5-16(14-26-21)20-6-8-22(29)28(27-20)19-9-11-23(15-25,12-10-19)17-3-2-4-18(24)13-17/h2-8,13-14,19H,9-12,15,25H2,1H3/t19-,23-. The van der Waals surface area contributed by atoms with Gasteiger partial charge >= 0.3 is 0 Å². The maximum atomic E-state index is 12.6. The lowest BCUT2D eigenvalue weighted by Crippen LogP contribution is -2.41. The molecule has 0 atom stereocenters. The van der Waals surface area contributed by atoms with E-state index in [-0.39, 0.29) is 17.0 Å². The Bertz CT molecular complexity index is 1070. The van der Waals surface area contributed by atoms with Crippen LogP contribution in [-0.4, -0.2) is 28.4 Å². The molecule has 2 N–H and O–H groups in total. The predicted octanol–water partition coefficient (Wildman–Crippen LogP) is 3.98. The van der Waals surface area contributed by atoms with Gasteiger partial charge in [-0.15, -0.1) is 0 Å². The zero-order valence-corrected chi connectivity index (χ0v) is 17.7. The second kappa shape index (κ2) is 8.58. The van der Waals surface area contributed by atoms with Gasteiger partial charge < -0.3 is 10.5 Å². The van der Waals surface area contributed by atoms with Crippen LogP contribution in [0.15, 0.2) is 59.5 Å². The Morgan fingerprint density at radius 1 is 1.20 bits per heavy atom. The van der Waals surface area contributed by atoms with Crippen molar-refractivity contribution in [2.45, 2.75) is 37.1 Å². The number of pyridine rings is 1. The van der Waals surface area contributed by atoms with Gasteiger partial charge in [0.05, 0.1) is 18.8 Å². The normalized spacial score (nSPS) is 21.4. The van der Waals surface area contributed by atoms with Gasteiger partial charge in [0.15, 0.2) is 0 Å². The summed E-state index contributed by atoms with van der Waals surface area (Å²) in [5.74, 6) is 0.540. The third-order valence-electron chi connectivity index (χ3n) is 6.15. The van der Waals surface area contributed by atoms with Crippen molar-refractivity contribution in [3.8, 4) is 17.1 Å². The van der Waals surface area contributed by atoms with Crippen LogP contribution < -0.4 is 16.0 Å². The summed E-state index contributed by atoms with van der Waals surface area (Å²) in [6.45, 7) is 0.556. The SMILES string of the molecule is COc1ccc(-c2ccc(=O)n([C@H]3CC[C@](CN)(c4cccc(Cl)c4)CC3)n2)cn1. The first-order chi connectivity index (χ1) is 14.5. The molecular formula is C23H25ClN4O2. The summed E-state index contributed by atoms with van der Waals surface area (Å²) in [5.41, 5.74) is 8.75. The number of benzene rings is 1. The minimum atomic E-state index is -0.109. The minimum absolute atomic E-state index is 0.0440.